The van der Waals surface area contributed by atoms with Crippen molar-refractivity contribution in [1.82, 2.24) is 0 Å². The van der Waals surface area contributed by atoms with Crippen LogP contribution in [0.5, 0.6) is 0 Å². The Bertz CT molecular complexity index is 3920. The van der Waals surface area contributed by atoms with Crippen molar-refractivity contribution in [2.45, 2.75) is 27.7 Å². The molecule has 0 fully saturated rings. The third-order valence-electron chi connectivity index (χ3n) is 14.0. The quantitative estimate of drug-likeness (QED) is 0.0767. The summed E-state index contributed by atoms with van der Waals surface area (Å²) in [7, 11) is 0. The summed E-state index contributed by atoms with van der Waals surface area (Å²) < 4.78 is 0. The van der Waals surface area contributed by atoms with E-state index in [1.807, 2.05) is 0 Å². The van der Waals surface area contributed by atoms with Gasteiger partial charge in [0, 0.05) is 28.1 Å². The highest BCUT2D eigenvalue weighted by atomic mass is 15.2. The summed E-state index contributed by atoms with van der Waals surface area (Å²) >= 11 is 0. The zero-order valence-electron chi connectivity index (χ0n) is 40.0. The maximum atomic E-state index is 2.49. The molecule has 0 saturated carbocycles. The van der Waals surface area contributed by atoms with Gasteiger partial charge in [0.1, 0.15) is 0 Å². The maximum absolute atomic E-state index is 2.49. The lowest BCUT2D eigenvalue weighted by molar-refractivity contribution is 1.23. The number of aryl methyl sites for hydroxylation is 4. The first-order valence-electron chi connectivity index (χ1n) is 24.3. The monoisotopic (exact) mass is 896 g/mol. The number of hydrogen-bond donors (Lipinski definition) is 0. The molecule has 12 aromatic carbocycles. The van der Waals surface area contributed by atoms with Crippen LogP contribution in [-0.4, -0.2) is 0 Å². The Morgan fingerprint density at radius 3 is 1.19 bits per heavy atom. The zero-order chi connectivity index (χ0) is 47.3. The van der Waals surface area contributed by atoms with Gasteiger partial charge in [0.15, 0.2) is 0 Å². The molecule has 12 aromatic rings. The van der Waals surface area contributed by atoms with E-state index in [2.05, 4.69) is 280 Å². The molecular weight excluding hydrogens is 845 g/mol. The second kappa shape index (κ2) is 17.7. The number of benzene rings is 12. The summed E-state index contributed by atoms with van der Waals surface area (Å²) in [5, 5.41) is 12.6. The van der Waals surface area contributed by atoms with Gasteiger partial charge in [-0.15, -0.1) is 0 Å². The molecule has 0 radical (unpaired) electrons. The third-order valence-corrected chi connectivity index (χ3v) is 14.0. The minimum Gasteiger partial charge on any atom is -0.308 e. The first-order valence-corrected chi connectivity index (χ1v) is 24.3. The fourth-order valence-electron chi connectivity index (χ4n) is 10.3. The molecule has 0 aliphatic heterocycles. The van der Waals surface area contributed by atoms with E-state index in [4.69, 9.17) is 0 Å². The summed E-state index contributed by atoms with van der Waals surface area (Å²) in [5.41, 5.74) is 16.1. The van der Waals surface area contributed by atoms with Crippen molar-refractivity contribution in [2.75, 3.05) is 9.80 Å². The van der Waals surface area contributed by atoms with Gasteiger partial charge >= 0.3 is 0 Å². The van der Waals surface area contributed by atoms with E-state index >= 15 is 0 Å². The second-order valence-corrected chi connectivity index (χ2v) is 18.9. The van der Waals surface area contributed by atoms with Gasteiger partial charge in [-0.1, -0.05) is 204 Å². The number of rotatable bonds is 10. The fraction of sp³-hybridized carbons (Fsp3) is 0.0588. The average molecular weight is 897 g/mol. The highest BCUT2D eigenvalue weighted by molar-refractivity contribution is 6.39. The molecule has 0 heterocycles. The molecule has 0 unspecified atom stereocenters. The van der Waals surface area contributed by atoms with E-state index in [0.29, 0.717) is 0 Å². The van der Waals surface area contributed by atoms with Crippen LogP contribution in [0.25, 0.3) is 78.2 Å². The van der Waals surface area contributed by atoms with Crippen molar-refractivity contribution in [3.63, 3.8) is 0 Å². The van der Waals surface area contributed by atoms with Crippen LogP contribution in [0.1, 0.15) is 44.5 Å². The summed E-state index contributed by atoms with van der Waals surface area (Å²) in [4.78, 5) is 4.96. The normalized spacial score (nSPS) is 11.9. The van der Waals surface area contributed by atoms with E-state index in [9.17, 15) is 0 Å². The van der Waals surface area contributed by atoms with Crippen LogP contribution in [0.4, 0.5) is 34.1 Å². The van der Waals surface area contributed by atoms with Crippen LogP contribution in [0.15, 0.2) is 218 Å². The Morgan fingerprint density at radius 2 is 0.657 bits per heavy atom. The lowest BCUT2D eigenvalue weighted by Gasteiger charge is -2.35. The molecule has 0 N–H and O–H groups in total. The van der Waals surface area contributed by atoms with Crippen molar-refractivity contribution in [2.24, 2.45) is 0 Å². The second-order valence-electron chi connectivity index (χ2n) is 18.9. The van der Waals surface area contributed by atoms with Gasteiger partial charge in [-0.2, -0.15) is 0 Å². The summed E-state index contributed by atoms with van der Waals surface area (Å²) in [6.07, 6.45) is 8.81. The smallest absolute Gasteiger partial charge is 0.0782 e. The molecule has 0 saturated heterocycles. The minimum atomic E-state index is 1.07. The molecule has 2 nitrogen and oxygen atoms in total. The predicted molar refractivity (Wildman–Crippen MR) is 304 cm³/mol. The van der Waals surface area contributed by atoms with Crippen molar-refractivity contribution >= 4 is 112 Å². The van der Waals surface area contributed by atoms with Crippen LogP contribution in [0.2, 0.25) is 0 Å². The standard InChI is InChI=1S/C68H52N2/c1-45-15-23-49(24-16-45)27-29-51-31-39-56(40-32-51)69(55-35-19-47(3)20-36-55)64-44-63-60-12-7-10-54-43-53-9-5-6-11-59(53)67(65(54)60)61-13-8-14-62(66(61)63)68(64)70(57-37-21-48(4)22-38-57)58-41-33-52(34-42-58)30-28-50-25-17-46(2)18-26-50/h5-44H,1-4H3. The molecule has 70 heavy (non-hydrogen) atoms. The van der Waals surface area contributed by atoms with E-state index in [1.165, 1.54) is 87.2 Å². The molecule has 2 heteroatoms. The Kier molecular flexibility index (Phi) is 10.8. The highest BCUT2D eigenvalue weighted by Gasteiger charge is 2.28. The largest absolute Gasteiger partial charge is 0.308 e. The van der Waals surface area contributed by atoms with Gasteiger partial charge in [-0.25, -0.2) is 0 Å². The molecule has 12 rings (SSSR count). The minimum absolute atomic E-state index is 1.07. The van der Waals surface area contributed by atoms with E-state index in [-0.39, 0.29) is 0 Å². The van der Waals surface area contributed by atoms with Crippen molar-refractivity contribution in [1.29, 1.82) is 0 Å². The van der Waals surface area contributed by atoms with Crippen LogP contribution < -0.4 is 9.80 Å². The molecule has 0 aliphatic rings. The molecule has 0 spiro atoms. The average Bonchev–Trinajstić information content (AvgIpc) is 3.39. The first-order chi connectivity index (χ1) is 34.3. The molecule has 0 atom stereocenters. The number of anilines is 6. The van der Waals surface area contributed by atoms with Crippen molar-refractivity contribution in [3.8, 4) is 0 Å². The van der Waals surface area contributed by atoms with Crippen LogP contribution in [0, 0.1) is 27.7 Å². The number of fused-ring (bicyclic) bond motifs is 4. The fourth-order valence-corrected chi connectivity index (χ4v) is 10.3. The molecular formula is C68H52N2. The van der Waals surface area contributed by atoms with E-state index in [0.717, 1.165) is 45.3 Å². The van der Waals surface area contributed by atoms with Gasteiger partial charge < -0.3 is 9.80 Å². The Labute approximate surface area is 410 Å². The first kappa shape index (κ1) is 42.6. The zero-order valence-corrected chi connectivity index (χ0v) is 40.0. The van der Waals surface area contributed by atoms with Crippen LogP contribution in [0.3, 0.4) is 0 Å². The SMILES string of the molecule is Cc1ccc(C=Cc2ccc(N(c3ccc(C)cc3)c3cc4c5cccc6cc7ccccc7c(c7cccc(c3N(c3ccc(C)cc3)c3ccc(C=Cc8ccc(C)cc8)cc3)c47)c65)cc2)cc1. The van der Waals surface area contributed by atoms with Crippen molar-refractivity contribution < 1.29 is 0 Å². The maximum Gasteiger partial charge on any atom is 0.0782 e. The molecule has 0 amide bonds. The molecule has 0 bridgehead atoms. The lowest BCUT2D eigenvalue weighted by atomic mass is 9.86. The van der Waals surface area contributed by atoms with Crippen LogP contribution >= 0.6 is 0 Å². The molecule has 334 valence electrons. The molecule has 0 aromatic heterocycles. The Hall–Kier alpha value is -8.72. The topological polar surface area (TPSA) is 6.48 Å². The summed E-state index contributed by atoms with van der Waals surface area (Å²) in [5.74, 6) is 0. The Balaban J connectivity index is 1.15. The van der Waals surface area contributed by atoms with E-state index < -0.39 is 0 Å². The van der Waals surface area contributed by atoms with Gasteiger partial charge in [0.05, 0.1) is 11.4 Å². The van der Waals surface area contributed by atoms with Gasteiger partial charge in [0.25, 0.3) is 0 Å². The Morgan fingerprint density at radius 1 is 0.271 bits per heavy atom. The predicted octanol–water partition coefficient (Wildman–Crippen LogP) is 19.4. The van der Waals surface area contributed by atoms with Gasteiger partial charge in [-0.05, 0) is 159 Å². The third kappa shape index (κ3) is 7.84. The number of hydrogen-bond acceptors (Lipinski definition) is 2. The highest BCUT2D eigenvalue weighted by Crippen LogP contribution is 2.54. The lowest BCUT2D eigenvalue weighted by Crippen LogP contribution is -2.18. The number of nitrogens with zero attached hydrogens (tertiary/aromatic N) is 2. The molecule has 0 aliphatic carbocycles. The van der Waals surface area contributed by atoms with Crippen molar-refractivity contribution in [3.05, 3.63) is 263 Å². The van der Waals surface area contributed by atoms with Crippen LogP contribution in [-0.2, 0) is 0 Å². The summed E-state index contributed by atoms with van der Waals surface area (Å²) in [6, 6.07) is 81.0. The van der Waals surface area contributed by atoms with Gasteiger partial charge in [-0.3, -0.25) is 0 Å². The van der Waals surface area contributed by atoms with Gasteiger partial charge in [0.2, 0.25) is 0 Å². The van der Waals surface area contributed by atoms with E-state index in [1.54, 1.807) is 0 Å². The summed E-state index contributed by atoms with van der Waals surface area (Å²) in [6.45, 7) is 8.59.